The van der Waals surface area contributed by atoms with Gasteiger partial charge in [0.25, 0.3) is 0 Å². The van der Waals surface area contributed by atoms with E-state index >= 15 is 0 Å². The highest BCUT2D eigenvalue weighted by atomic mass is 16.3. The van der Waals surface area contributed by atoms with Gasteiger partial charge in [0.05, 0.1) is 23.5 Å². The normalized spacial score (nSPS) is 54.3. The maximum atomic E-state index is 11.7. The minimum absolute atomic E-state index is 0.0930. The van der Waals surface area contributed by atoms with Crippen LogP contribution in [0.15, 0.2) is 5.29 Å². The molecule has 1 saturated heterocycles. The number of hydrogen-bond donors (Lipinski definition) is 2. The SMILES string of the molecule is CC1CCC(C(C)C2C(O)CC3C4CCC5CC(O)CCC5(C)C4CCC32C)N(N=O)C1. The van der Waals surface area contributed by atoms with Crippen molar-refractivity contribution in [2.75, 3.05) is 6.54 Å². The number of hydrogen-bond acceptors (Lipinski definition) is 4. The largest absolute Gasteiger partial charge is 0.393 e. The lowest BCUT2D eigenvalue weighted by molar-refractivity contribution is -0.132. The van der Waals surface area contributed by atoms with Crippen LogP contribution in [0.2, 0.25) is 0 Å². The van der Waals surface area contributed by atoms with Crippen molar-refractivity contribution in [2.45, 2.75) is 110 Å². The van der Waals surface area contributed by atoms with Crippen molar-refractivity contribution < 1.29 is 10.2 Å². The zero-order valence-corrected chi connectivity index (χ0v) is 20.7. The Bertz CT molecular complexity index is 717. The van der Waals surface area contributed by atoms with Crippen LogP contribution in [0.25, 0.3) is 0 Å². The van der Waals surface area contributed by atoms with Gasteiger partial charge in [-0.15, -0.1) is 4.91 Å². The second-order valence-corrected chi connectivity index (χ2v) is 13.3. The molecule has 5 aliphatic rings. The van der Waals surface area contributed by atoms with Crippen molar-refractivity contribution >= 4 is 0 Å². The fourth-order valence-corrected chi connectivity index (χ4v) is 10.3. The zero-order chi connectivity index (χ0) is 22.8. The molecule has 5 heteroatoms. The molecule has 2 N–H and O–H groups in total. The minimum Gasteiger partial charge on any atom is -0.393 e. The van der Waals surface area contributed by atoms with Crippen LogP contribution in [0.4, 0.5) is 0 Å². The van der Waals surface area contributed by atoms with Crippen LogP contribution in [-0.4, -0.2) is 40.0 Å². The molecule has 32 heavy (non-hydrogen) atoms. The van der Waals surface area contributed by atoms with Crippen LogP contribution >= 0.6 is 0 Å². The quantitative estimate of drug-likeness (QED) is 0.570. The zero-order valence-electron chi connectivity index (χ0n) is 20.7. The summed E-state index contributed by atoms with van der Waals surface area (Å²) in [6.45, 7) is 10.3. The monoisotopic (exact) mass is 446 g/mol. The molecule has 1 heterocycles. The smallest absolute Gasteiger partial charge is 0.0580 e. The van der Waals surface area contributed by atoms with Gasteiger partial charge < -0.3 is 10.2 Å². The molecule has 12 unspecified atom stereocenters. The molecule has 0 aromatic heterocycles. The van der Waals surface area contributed by atoms with Gasteiger partial charge in [-0.25, -0.2) is 0 Å². The fourth-order valence-electron chi connectivity index (χ4n) is 10.3. The average Bonchev–Trinajstić information content (AvgIpc) is 3.03. The summed E-state index contributed by atoms with van der Waals surface area (Å²) in [5.74, 6) is 3.80. The second kappa shape index (κ2) is 8.22. The molecule has 0 amide bonds. The van der Waals surface area contributed by atoms with E-state index in [-0.39, 0.29) is 29.6 Å². The van der Waals surface area contributed by atoms with Crippen molar-refractivity contribution in [1.82, 2.24) is 5.01 Å². The molecular formula is C27H46N2O3. The molecule has 5 fully saturated rings. The van der Waals surface area contributed by atoms with Gasteiger partial charge in [-0.2, -0.15) is 0 Å². The minimum atomic E-state index is -0.259. The Morgan fingerprint density at radius 3 is 2.44 bits per heavy atom. The Morgan fingerprint density at radius 2 is 1.69 bits per heavy atom. The summed E-state index contributed by atoms with van der Waals surface area (Å²) in [6.07, 6.45) is 10.9. The summed E-state index contributed by atoms with van der Waals surface area (Å²) in [7, 11) is 0. The number of piperidine rings is 1. The highest BCUT2D eigenvalue weighted by molar-refractivity contribution is 5.12. The number of aliphatic hydroxyl groups excluding tert-OH is 2. The summed E-state index contributed by atoms with van der Waals surface area (Å²) in [6, 6.07) is 0.171. The molecule has 0 radical (unpaired) electrons. The van der Waals surface area contributed by atoms with E-state index in [0.717, 1.165) is 44.6 Å². The Labute approximate surface area is 194 Å². The molecule has 0 spiro atoms. The lowest BCUT2D eigenvalue weighted by Gasteiger charge is -2.61. The van der Waals surface area contributed by atoms with E-state index in [1.54, 1.807) is 0 Å². The van der Waals surface area contributed by atoms with Crippen molar-refractivity contribution in [3.8, 4) is 0 Å². The number of aliphatic hydroxyl groups is 2. The first-order chi connectivity index (χ1) is 15.2. The Morgan fingerprint density at radius 1 is 0.938 bits per heavy atom. The van der Waals surface area contributed by atoms with Crippen LogP contribution in [0.5, 0.6) is 0 Å². The molecule has 5 rings (SSSR count). The molecule has 4 aliphatic carbocycles. The van der Waals surface area contributed by atoms with E-state index in [0.29, 0.717) is 35.0 Å². The van der Waals surface area contributed by atoms with Crippen LogP contribution in [0, 0.1) is 57.2 Å². The molecular weight excluding hydrogens is 400 g/mol. The third kappa shape index (κ3) is 3.39. The van der Waals surface area contributed by atoms with Gasteiger partial charge in [0.1, 0.15) is 0 Å². The van der Waals surface area contributed by atoms with Crippen molar-refractivity contribution in [3.05, 3.63) is 4.91 Å². The number of nitrogens with zero attached hydrogens (tertiary/aromatic N) is 2. The third-order valence-corrected chi connectivity index (χ3v) is 11.9. The second-order valence-electron chi connectivity index (χ2n) is 13.3. The van der Waals surface area contributed by atoms with Crippen LogP contribution in [0.3, 0.4) is 0 Å². The average molecular weight is 447 g/mol. The number of nitroso groups, excluding NO2 is 1. The van der Waals surface area contributed by atoms with Crippen LogP contribution in [0.1, 0.15) is 91.9 Å². The van der Waals surface area contributed by atoms with Crippen molar-refractivity contribution in [2.24, 2.45) is 57.5 Å². The molecule has 182 valence electrons. The Hall–Kier alpha value is -0.680. The Balaban J connectivity index is 1.38. The van der Waals surface area contributed by atoms with Crippen LogP contribution < -0.4 is 0 Å². The fraction of sp³-hybridized carbons (Fsp3) is 1.00. The summed E-state index contributed by atoms with van der Waals surface area (Å²) >= 11 is 0. The van der Waals surface area contributed by atoms with E-state index in [1.807, 2.05) is 5.01 Å². The van der Waals surface area contributed by atoms with E-state index in [9.17, 15) is 15.1 Å². The lowest BCUT2D eigenvalue weighted by atomic mass is 9.44. The van der Waals surface area contributed by atoms with Crippen molar-refractivity contribution in [3.63, 3.8) is 0 Å². The predicted octanol–water partition coefficient (Wildman–Crippen LogP) is 5.40. The maximum Gasteiger partial charge on any atom is 0.0580 e. The lowest BCUT2D eigenvalue weighted by Crippen LogP contribution is -2.55. The third-order valence-electron chi connectivity index (χ3n) is 11.9. The first kappa shape index (κ1) is 23.1. The van der Waals surface area contributed by atoms with Gasteiger partial charge in [0, 0.05) is 6.54 Å². The summed E-state index contributed by atoms with van der Waals surface area (Å²) in [4.78, 5) is 11.7. The van der Waals surface area contributed by atoms with Gasteiger partial charge in [-0.05, 0) is 116 Å². The van der Waals surface area contributed by atoms with E-state index in [2.05, 4.69) is 33.0 Å². The molecule has 5 nitrogen and oxygen atoms in total. The Kier molecular flexibility index (Phi) is 5.93. The number of fused-ring (bicyclic) bond motifs is 5. The van der Waals surface area contributed by atoms with Gasteiger partial charge in [-0.3, -0.25) is 5.01 Å². The van der Waals surface area contributed by atoms with E-state index in [4.69, 9.17) is 0 Å². The highest BCUT2D eigenvalue weighted by Crippen LogP contribution is 2.68. The van der Waals surface area contributed by atoms with Gasteiger partial charge in [0.15, 0.2) is 0 Å². The predicted molar refractivity (Wildman–Crippen MR) is 126 cm³/mol. The summed E-state index contributed by atoms with van der Waals surface area (Å²) < 4.78 is 0. The molecule has 4 saturated carbocycles. The number of rotatable bonds is 3. The molecule has 12 atom stereocenters. The van der Waals surface area contributed by atoms with Crippen LogP contribution in [-0.2, 0) is 0 Å². The summed E-state index contributed by atoms with van der Waals surface area (Å²) in [5, 5.41) is 27.0. The molecule has 0 bridgehead atoms. The van der Waals surface area contributed by atoms with Gasteiger partial charge >= 0.3 is 0 Å². The highest BCUT2D eigenvalue weighted by Gasteiger charge is 2.63. The molecule has 0 aromatic carbocycles. The van der Waals surface area contributed by atoms with Gasteiger partial charge in [-0.1, -0.05) is 27.7 Å². The first-order valence-electron chi connectivity index (χ1n) is 13.6. The molecule has 0 aromatic rings. The molecule has 1 aliphatic heterocycles. The maximum absolute atomic E-state index is 11.7. The van der Waals surface area contributed by atoms with Crippen molar-refractivity contribution in [1.29, 1.82) is 0 Å². The summed E-state index contributed by atoms with van der Waals surface area (Å²) in [5.41, 5.74) is 0.533. The standard InChI is InChI=1S/C27H46N2O3/c1-16-5-8-23(29(15-16)28-32)17(2)25-24(31)14-22-20-7-6-18-13-19(30)9-11-26(18,3)21(20)10-12-27(22,25)4/h16-25,30-31H,5-15H2,1-4H3. The van der Waals surface area contributed by atoms with E-state index < -0.39 is 0 Å². The topological polar surface area (TPSA) is 73.1 Å². The first-order valence-corrected chi connectivity index (χ1v) is 13.6. The van der Waals surface area contributed by atoms with Gasteiger partial charge in [0.2, 0.25) is 0 Å². The van der Waals surface area contributed by atoms with E-state index in [1.165, 1.54) is 32.1 Å².